The normalized spacial score (nSPS) is 16.3. The molecule has 1 unspecified atom stereocenters. The van der Waals surface area contributed by atoms with Gasteiger partial charge in [-0.2, -0.15) is 0 Å². The Bertz CT molecular complexity index is 1500. The van der Waals surface area contributed by atoms with E-state index in [-0.39, 0.29) is 17.4 Å². The molecule has 2 aromatic heterocycles. The van der Waals surface area contributed by atoms with E-state index in [0.717, 1.165) is 32.4 Å². The van der Waals surface area contributed by atoms with Gasteiger partial charge in [-0.3, -0.25) is 14.5 Å². The van der Waals surface area contributed by atoms with Crippen LogP contribution in [-0.2, 0) is 4.79 Å². The van der Waals surface area contributed by atoms with E-state index < -0.39 is 11.6 Å². The third-order valence-electron chi connectivity index (χ3n) is 6.69. The summed E-state index contributed by atoms with van der Waals surface area (Å²) in [6.45, 7) is 3.93. The number of allylic oxidation sites excluding steroid dienone is 1. The van der Waals surface area contributed by atoms with Crippen LogP contribution in [0.3, 0.4) is 0 Å². The summed E-state index contributed by atoms with van der Waals surface area (Å²) < 4.78 is 20.8. The highest BCUT2D eigenvalue weighted by atomic mass is 19.1. The molecule has 39 heavy (non-hydrogen) atoms. The van der Waals surface area contributed by atoms with Crippen LogP contribution in [0.4, 0.5) is 10.2 Å². The first-order valence-electron chi connectivity index (χ1n) is 13.0. The SMILES string of the molecule is CC(=O)/C=C/CN1CCCCC(Nc2ncnc3[nH]cc(C(=O)c4ccc(Oc5ccccc5)cc4F)c23)C1. The molecule has 0 saturated carbocycles. The van der Waals surface area contributed by atoms with Crippen molar-refractivity contribution >= 4 is 28.4 Å². The predicted octanol–water partition coefficient (Wildman–Crippen LogP) is 5.53. The van der Waals surface area contributed by atoms with Gasteiger partial charge in [-0.15, -0.1) is 0 Å². The minimum atomic E-state index is -0.674. The largest absolute Gasteiger partial charge is 0.457 e. The van der Waals surface area contributed by atoms with Crippen LogP contribution in [0, 0.1) is 5.82 Å². The Hall–Kier alpha value is -4.37. The zero-order chi connectivity index (χ0) is 27.2. The van der Waals surface area contributed by atoms with Gasteiger partial charge in [-0.05, 0) is 56.7 Å². The van der Waals surface area contributed by atoms with Crippen molar-refractivity contribution in [1.29, 1.82) is 0 Å². The van der Waals surface area contributed by atoms with Crippen molar-refractivity contribution in [3.05, 3.63) is 90.2 Å². The fourth-order valence-corrected chi connectivity index (χ4v) is 4.83. The highest BCUT2D eigenvalue weighted by molar-refractivity contribution is 6.18. The minimum absolute atomic E-state index is 0.0299. The molecule has 0 aliphatic carbocycles. The number of fused-ring (bicyclic) bond motifs is 1. The molecule has 200 valence electrons. The Morgan fingerprint density at radius 1 is 1.13 bits per heavy atom. The number of ether oxygens (including phenoxy) is 1. The number of aromatic amines is 1. The molecule has 9 heteroatoms. The van der Waals surface area contributed by atoms with Gasteiger partial charge in [0.1, 0.15) is 35.1 Å². The number of nitrogens with zero attached hydrogens (tertiary/aromatic N) is 3. The van der Waals surface area contributed by atoms with Crippen molar-refractivity contribution in [2.45, 2.75) is 32.2 Å². The minimum Gasteiger partial charge on any atom is -0.457 e. The number of aromatic nitrogens is 3. The smallest absolute Gasteiger partial charge is 0.198 e. The molecule has 4 aromatic rings. The van der Waals surface area contributed by atoms with Gasteiger partial charge in [0.05, 0.1) is 16.5 Å². The van der Waals surface area contributed by atoms with Crippen LogP contribution >= 0.6 is 0 Å². The topological polar surface area (TPSA) is 100 Å². The highest BCUT2D eigenvalue weighted by Crippen LogP contribution is 2.29. The van der Waals surface area contributed by atoms with Gasteiger partial charge in [0.25, 0.3) is 0 Å². The molecule has 0 radical (unpaired) electrons. The number of ketones is 2. The molecule has 0 amide bonds. The first-order chi connectivity index (χ1) is 19.0. The Labute approximate surface area is 225 Å². The fraction of sp³-hybridized carbons (Fsp3) is 0.267. The zero-order valence-corrected chi connectivity index (χ0v) is 21.7. The number of carbonyl (C=O) groups excluding carboxylic acids is 2. The second kappa shape index (κ2) is 12.0. The summed E-state index contributed by atoms with van der Waals surface area (Å²) in [5, 5.41) is 4.03. The van der Waals surface area contributed by atoms with Crippen molar-refractivity contribution in [3.8, 4) is 11.5 Å². The quantitative estimate of drug-likeness (QED) is 0.218. The Balaban J connectivity index is 1.37. The molecule has 0 bridgehead atoms. The summed E-state index contributed by atoms with van der Waals surface area (Å²) >= 11 is 0. The van der Waals surface area contributed by atoms with Crippen molar-refractivity contribution in [2.24, 2.45) is 0 Å². The summed E-state index contributed by atoms with van der Waals surface area (Å²) in [7, 11) is 0. The number of hydrogen-bond donors (Lipinski definition) is 2. The van der Waals surface area contributed by atoms with E-state index in [9.17, 15) is 9.59 Å². The van der Waals surface area contributed by atoms with Crippen LogP contribution in [0.2, 0.25) is 0 Å². The van der Waals surface area contributed by atoms with Gasteiger partial charge < -0.3 is 15.0 Å². The van der Waals surface area contributed by atoms with Gasteiger partial charge in [-0.1, -0.05) is 30.7 Å². The molecule has 0 spiro atoms. The summed E-state index contributed by atoms with van der Waals surface area (Å²) in [5.41, 5.74) is 0.720. The van der Waals surface area contributed by atoms with Gasteiger partial charge in [0.15, 0.2) is 11.6 Å². The molecule has 5 rings (SSSR count). The highest BCUT2D eigenvalue weighted by Gasteiger charge is 2.24. The first kappa shape index (κ1) is 26.2. The molecule has 2 N–H and O–H groups in total. The lowest BCUT2D eigenvalue weighted by Gasteiger charge is -2.24. The monoisotopic (exact) mass is 527 g/mol. The maximum Gasteiger partial charge on any atom is 0.198 e. The first-order valence-corrected chi connectivity index (χ1v) is 13.0. The van der Waals surface area contributed by atoms with E-state index in [1.165, 1.54) is 25.4 Å². The Kier molecular flexibility index (Phi) is 8.07. The van der Waals surface area contributed by atoms with Crippen LogP contribution in [0.25, 0.3) is 11.0 Å². The van der Waals surface area contributed by atoms with Crippen LogP contribution in [0.1, 0.15) is 42.1 Å². The molecule has 1 aliphatic heterocycles. The maximum atomic E-state index is 15.1. The van der Waals surface area contributed by atoms with Gasteiger partial charge in [-0.25, -0.2) is 14.4 Å². The molecular weight excluding hydrogens is 497 g/mol. The summed E-state index contributed by atoms with van der Waals surface area (Å²) in [4.78, 5) is 38.8. The molecule has 2 aromatic carbocycles. The lowest BCUT2D eigenvalue weighted by molar-refractivity contribution is -0.112. The molecule has 1 saturated heterocycles. The Morgan fingerprint density at radius 2 is 1.97 bits per heavy atom. The molecule has 3 heterocycles. The van der Waals surface area contributed by atoms with Crippen molar-refractivity contribution in [2.75, 3.05) is 25.0 Å². The number of likely N-dealkylation sites (tertiary alicyclic amines) is 1. The van der Waals surface area contributed by atoms with Crippen molar-refractivity contribution < 1.29 is 18.7 Å². The third kappa shape index (κ3) is 6.38. The molecule has 1 aliphatic rings. The van der Waals surface area contributed by atoms with E-state index in [0.29, 0.717) is 40.5 Å². The summed E-state index contributed by atoms with van der Waals surface area (Å²) in [6, 6.07) is 13.4. The average Bonchev–Trinajstić information content (AvgIpc) is 3.24. The third-order valence-corrected chi connectivity index (χ3v) is 6.69. The number of para-hydroxylation sites is 1. The second-order valence-electron chi connectivity index (χ2n) is 9.64. The van der Waals surface area contributed by atoms with E-state index >= 15 is 4.39 Å². The molecule has 8 nitrogen and oxygen atoms in total. The number of halogens is 1. The second-order valence-corrected chi connectivity index (χ2v) is 9.64. The van der Waals surface area contributed by atoms with Crippen molar-refractivity contribution in [1.82, 2.24) is 19.9 Å². The predicted molar refractivity (Wildman–Crippen MR) is 148 cm³/mol. The van der Waals surface area contributed by atoms with Crippen LogP contribution in [0.15, 0.2) is 73.2 Å². The van der Waals surface area contributed by atoms with Gasteiger partial charge >= 0.3 is 0 Å². The van der Waals surface area contributed by atoms with Crippen LogP contribution < -0.4 is 10.1 Å². The van der Waals surface area contributed by atoms with E-state index in [2.05, 4.69) is 25.2 Å². The number of hydrogen-bond acceptors (Lipinski definition) is 7. The number of anilines is 1. The number of nitrogens with one attached hydrogen (secondary N) is 2. The zero-order valence-electron chi connectivity index (χ0n) is 21.7. The van der Waals surface area contributed by atoms with Crippen LogP contribution in [0.5, 0.6) is 11.5 Å². The molecular formula is C30H30FN5O3. The van der Waals surface area contributed by atoms with Gasteiger partial charge in [0.2, 0.25) is 0 Å². The lowest BCUT2D eigenvalue weighted by atomic mass is 10.0. The standard InChI is InChI=1S/C30H30FN5O3/c1-20(37)8-7-15-36-14-6-5-9-21(18-36)35-30-27-25(17-32-29(27)33-19-34-30)28(38)24-13-12-23(16-26(24)31)39-22-10-3-2-4-11-22/h2-4,7-8,10-13,16-17,19,21H,5-6,9,14-15,18H2,1H3,(H2,32,33,34,35)/b8-7+. The fourth-order valence-electron chi connectivity index (χ4n) is 4.83. The molecule has 1 fully saturated rings. The van der Waals surface area contributed by atoms with Gasteiger partial charge in [0, 0.05) is 31.4 Å². The average molecular weight is 528 g/mol. The van der Waals surface area contributed by atoms with E-state index in [4.69, 9.17) is 4.74 Å². The van der Waals surface area contributed by atoms with Crippen molar-refractivity contribution in [3.63, 3.8) is 0 Å². The number of H-pyrrole nitrogens is 1. The maximum absolute atomic E-state index is 15.1. The molecule has 1 atom stereocenters. The Morgan fingerprint density at radius 3 is 2.77 bits per heavy atom. The number of carbonyl (C=O) groups is 2. The summed E-state index contributed by atoms with van der Waals surface area (Å²) in [5.74, 6) is 0.290. The summed E-state index contributed by atoms with van der Waals surface area (Å²) in [6.07, 6.45) is 9.51. The van der Waals surface area contributed by atoms with E-state index in [1.807, 2.05) is 24.3 Å². The van der Waals surface area contributed by atoms with Crippen LogP contribution in [-0.4, -0.2) is 57.1 Å². The number of rotatable bonds is 9. The number of benzene rings is 2. The van der Waals surface area contributed by atoms with E-state index in [1.54, 1.807) is 30.5 Å². The lowest BCUT2D eigenvalue weighted by Crippen LogP contribution is -2.35.